The average Bonchev–Trinajstić information content (AvgIpc) is 3.37. The third-order valence-electron chi connectivity index (χ3n) is 14.7. The second-order valence-electron chi connectivity index (χ2n) is 22.0. The highest BCUT2D eigenvalue weighted by Gasteiger charge is 2.26. The Kier molecular flexibility index (Phi) is 58.4. The molecule has 72 heavy (non-hydrogen) atoms. The fraction of sp³-hybridized carbons (Fsp3) is 0.968. The predicted octanol–water partition coefficient (Wildman–Crippen LogP) is 20.2. The van der Waals surface area contributed by atoms with Crippen LogP contribution in [0.3, 0.4) is 0 Å². The van der Waals surface area contributed by atoms with E-state index in [4.69, 9.17) is 24.3 Å². The monoisotopic (exact) mass is 1040 g/mol. The Morgan fingerprint density at radius 1 is 0.361 bits per heavy atom. The van der Waals surface area contributed by atoms with Crippen molar-refractivity contribution in [3.05, 3.63) is 0 Å². The van der Waals surface area contributed by atoms with Gasteiger partial charge in [-0.15, -0.1) is 0 Å². The first-order valence-electron chi connectivity index (χ1n) is 32.0. The minimum atomic E-state index is -4.38. The third-order valence-corrected chi connectivity index (χ3v) is 15.7. The maximum absolute atomic E-state index is 12.7. The van der Waals surface area contributed by atoms with Gasteiger partial charge in [0.1, 0.15) is 6.61 Å². The molecule has 0 saturated heterocycles. The first-order chi connectivity index (χ1) is 35.3. The van der Waals surface area contributed by atoms with Crippen LogP contribution in [0.4, 0.5) is 0 Å². The van der Waals surface area contributed by atoms with Crippen LogP contribution in [0.15, 0.2) is 0 Å². The van der Waals surface area contributed by atoms with Crippen molar-refractivity contribution in [3.63, 3.8) is 0 Å². The Balaban J connectivity index is 3.79. The van der Waals surface area contributed by atoms with E-state index in [0.717, 1.165) is 32.1 Å². The molecule has 9 nitrogen and oxygen atoms in total. The van der Waals surface area contributed by atoms with Gasteiger partial charge in [-0.25, -0.2) is 4.57 Å². The highest BCUT2D eigenvalue weighted by Crippen LogP contribution is 2.43. The van der Waals surface area contributed by atoms with E-state index >= 15 is 0 Å². The Morgan fingerprint density at radius 2 is 0.597 bits per heavy atom. The van der Waals surface area contributed by atoms with Crippen molar-refractivity contribution >= 4 is 19.8 Å². The van der Waals surface area contributed by atoms with Crippen LogP contribution in [0, 0.1) is 0 Å². The molecule has 0 spiro atoms. The van der Waals surface area contributed by atoms with Gasteiger partial charge in [0.15, 0.2) is 6.10 Å². The van der Waals surface area contributed by atoms with E-state index in [0.29, 0.717) is 6.42 Å². The Labute approximate surface area is 447 Å². The molecule has 0 aliphatic heterocycles. The molecule has 0 aliphatic carbocycles. The van der Waals surface area contributed by atoms with Crippen LogP contribution < -0.4 is 5.73 Å². The van der Waals surface area contributed by atoms with Gasteiger partial charge in [0, 0.05) is 19.4 Å². The molecule has 0 saturated carbocycles. The van der Waals surface area contributed by atoms with Crippen LogP contribution in [0.2, 0.25) is 0 Å². The van der Waals surface area contributed by atoms with E-state index in [-0.39, 0.29) is 38.6 Å². The maximum Gasteiger partial charge on any atom is 0.472 e. The predicted molar refractivity (Wildman–Crippen MR) is 308 cm³/mol. The van der Waals surface area contributed by atoms with Gasteiger partial charge in [0.2, 0.25) is 0 Å². The summed E-state index contributed by atoms with van der Waals surface area (Å²) in [5, 5.41) is 0. The second-order valence-corrected chi connectivity index (χ2v) is 23.5. The maximum atomic E-state index is 12.7. The smallest absolute Gasteiger partial charge is 0.462 e. The number of phosphoric acid groups is 1. The molecule has 2 atom stereocenters. The molecule has 0 aliphatic rings. The van der Waals surface area contributed by atoms with E-state index in [2.05, 4.69) is 13.8 Å². The zero-order valence-corrected chi connectivity index (χ0v) is 49.1. The Hall–Kier alpha value is -0.990. The number of carbonyl (C=O) groups is 2. The largest absolute Gasteiger partial charge is 0.472 e. The lowest BCUT2D eigenvalue weighted by atomic mass is 10.0. The number of nitrogens with two attached hydrogens (primary N) is 1. The van der Waals surface area contributed by atoms with Gasteiger partial charge >= 0.3 is 19.8 Å². The van der Waals surface area contributed by atoms with E-state index in [9.17, 15) is 19.0 Å². The number of phosphoric ester groups is 1. The summed E-state index contributed by atoms with van der Waals surface area (Å²) in [6.45, 7) is 3.83. The van der Waals surface area contributed by atoms with Gasteiger partial charge in [-0.2, -0.15) is 0 Å². The summed E-state index contributed by atoms with van der Waals surface area (Å²) in [5.74, 6) is -0.801. The molecule has 430 valence electrons. The van der Waals surface area contributed by atoms with E-state index in [1.54, 1.807) is 0 Å². The number of ether oxygens (including phenoxy) is 2. The van der Waals surface area contributed by atoms with Gasteiger partial charge < -0.3 is 20.1 Å². The highest BCUT2D eigenvalue weighted by molar-refractivity contribution is 7.47. The van der Waals surface area contributed by atoms with Crippen molar-refractivity contribution in [1.29, 1.82) is 0 Å². The van der Waals surface area contributed by atoms with Crippen LogP contribution in [0.25, 0.3) is 0 Å². The summed E-state index contributed by atoms with van der Waals surface area (Å²) in [4.78, 5) is 35.2. The molecule has 0 amide bonds. The van der Waals surface area contributed by atoms with Crippen molar-refractivity contribution in [3.8, 4) is 0 Å². The number of unbranched alkanes of at least 4 members (excludes halogenated alkanes) is 49. The summed E-state index contributed by atoms with van der Waals surface area (Å²) in [6, 6.07) is 0. The van der Waals surface area contributed by atoms with Gasteiger partial charge in [-0.1, -0.05) is 328 Å². The van der Waals surface area contributed by atoms with E-state index < -0.39 is 26.5 Å². The molecule has 2 unspecified atom stereocenters. The van der Waals surface area contributed by atoms with E-state index in [1.165, 1.54) is 289 Å². The number of hydrogen-bond acceptors (Lipinski definition) is 8. The molecular formula is C62H124NO8P. The summed E-state index contributed by atoms with van der Waals surface area (Å²) in [7, 11) is -4.38. The summed E-state index contributed by atoms with van der Waals surface area (Å²) in [5.41, 5.74) is 5.39. The average molecular weight is 1040 g/mol. The summed E-state index contributed by atoms with van der Waals surface area (Å²) < 4.78 is 33.1. The quantitative estimate of drug-likeness (QED) is 0.0347. The first kappa shape index (κ1) is 71.0. The summed E-state index contributed by atoms with van der Waals surface area (Å²) >= 11 is 0. The topological polar surface area (TPSA) is 134 Å². The van der Waals surface area contributed by atoms with Crippen molar-refractivity contribution in [2.75, 3.05) is 26.4 Å². The SMILES string of the molecule is CCCCCCCCCCCCCCCCCCCCCCCCCCCCCCCCCCCC(=O)OC(COC(=O)CCCCCCCCCCCCCCCCCCCC)COP(=O)(O)OCCN. The summed E-state index contributed by atoms with van der Waals surface area (Å²) in [6.07, 6.45) is 67.6. The van der Waals surface area contributed by atoms with Crippen molar-refractivity contribution in [2.45, 2.75) is 360 Å². The first-order valence-corrected chi connectivity index (χ1v) is 33.5. The standard InChI is InChI=1S/C62H124NO8P/c1-3-5-7-9-11-13-15-17-19-21-23-24-25-26-27-28-29-30-31-32-33-34-35-36-37-39-41-43-45-47-49-51-53-55-62(65)71-60(59-70-72(66,67)69-57-56-63)58-68-61(64)54-52-50-48-46-44-42-40-38-22-20-18-16-14-12-10-8-6-4-2/h60H,3-59,63H2,1-2H3,(H,66,67). The molecular weight excluding hydrogens is 918 g/mol. The zero-order valence-electron chi connectivity index (χ0n) is 48.2. The lowest BCUT2D eigenvalue weighted by Crippen LogP contribution is -2.29. The molecule has 3 N–H and O–H groups in total. The van der Waals surface area contributed by atoms with Gasteiger partial charge in [-0.05, 0) is 12.8 Å². The molecule has 0 aromatic heterocycles. The fourth-order valence-electron chi connectivity index (χ4n) is 10.00. The molecule has 0 aromatic rings. The van der Waals surface area contributed by atoms with Crippen LogP contribution in [0.1, 0.15) is 354 Å². The van der Waals surface area contributed by atoms with Crippen LogP contribution in [0.5, 0.6) is 0 Å². The molecule has 0 aromatic carbocycles. The molecule has 0 rings (SSSR count). The van der Waals surface area contributed by atoms with Crippen LogP contribution in [-0.2, 0) is 32.7 Å². The molecule has 0 radical (unpaired) electrons. The molecule has 0 fully saturated rings. The normalized spacial score (nSPS) is 12.9. The molecule has 10 heteroatoms. The van der Waals surface area contributed by atoms with Crippen molar-refractivity contribution < 1.29 is 37.6 Å². The van der Waals surface area contributed by atoms with Gasteiger partial charge in [0.25, 0.3) is 0 Å². The number of rotatable bonds is 62. The fourth-order valence-corrected chi connectivity index (χ4v) is 10.8. The third kappa shape index (κ3) is 58.3. The minimum absolute atomic E-state index is 0.0586. The number of carbonyl (C=O) groups excluding carboxylic acids is 2. The van der Waals surface area contributed by atoms with Gasteiger partial charge in [-0.3, -0.25) is 18.6 Å². The lowest BCUT2D eigenvalue weighted by molar-refractivity contribution is -0.161. The highest BCUT2D eigenvalue weighted by atomic mass is 31.2. The van der Waals surface area contributed by atoms with Crippen molar-refractivity contribution in [2.24, 2.45) is 5.73 Å². The Morgan fingerprint density at radius 3 is 0.847 bits per heavy atom. The van der Waals surface area contributed by atoms with Crippen molar-refractivity contribution in [1.82, 2.24) is 0 Å². The van der Waals surface area contributed by atoms with Crippen LogP contribution >= 0.6 is 7.82 Å². The minimum Gasteiger partial charge on any atom is -0.462 e. The zero-order chi connectivity index (χ0) is 52.4. The Bertz CT molecular complexity index is 1140. The number of hydrogen-bond donors (Lipinski definition) is 2. The lowest BCUT2D eigenvalue weighted by Gasteiger charge is -2.19. The van der Waals surface area contributed by atoms with Crippen LogP contribution in [-0.4, -0.2) is 49.3 Å². The van der Waals surface area contributed by atoms with Gasteiger partial charge in [0.05, 0.1) is 13.2 Å². The van der Waals surface area contributed by atoms with E-state index in [1.807, 2.05) is 0 Å². The molecule has 0 bridgehead atoms. The number of esters is 2. The molecule has 0 heterocycles. The second kappa shape index (κ2) is 59.3.